The molecular weight excluding hydrogens is 158 g/mol. The Morgan fingerprint density at radius 1 is 1.38 bits per heavy atom. The first kappa shape index (κ1) is 8.19. The van der Waals surface area contributed by atoms with Crippen molar-refractivity contribution >= 4 is 0 Å². The molecular formula is C12H13N. The van der Waals surface area contributed by atoms with Crippen molar-refractivity contribution in [1.82, 2.24) is 5.32 Å². The van der Waals surface area contributed by atoms with Crippen molar-refractivity contribution in [2.24, 2.45) is 0 Å². The number of hydrogen-bond acceptors (Lipinski definition) is 1. The number of benzene rings is 1. The fraction of sp³-hybridized carbons (Fsp3) is 0.333. The van der Waals surface area contributed by atoms with Gasteiger partial charge in [-0.25, -0.2) is 0 Å². The van der Waals surface area contributed by atoms with Crippen LogP contribution < -0.4 is 5.32 Å². The van der Waals surface area contributed by atoms with Crippen LogP contribution in [-0.4, -0.2) is 0 Å². The molecule has 1 aliphatic rings. The molecule has 0 amide bonds. The van der Waals surface area contributed by atoms with Gasteiger partial charge in [0, 0.05) is 6.04 Å². The maximum absolute atomic E-state index is 3.23. The fourth-order valence-electron chi connectivity index (χ4n) is 1.87. The second-order valence-corrected chi connectivity index (χ2v) is 3.31. The second kappa shape index (κ2) is 3.53. The van der Waals surface area contributed by atoms with Gasteiger partial charge in [-0.1, -0.05) is 30.2 Å². The Labute approximate surface area is 79.2 Å². The monoisotopic (exact) mass is 171 g/mol. The van der Waals surface area contributed by atoms with Crippen LogP contribution in [0.2, 0.25) is 0 Å². The molecule has 1 unspecified atom stereocenters. The van der Waals surface area contributed by atoms with E-state index in [9.17, 15) is 0 Å². The van der Waals surface area contributed by atoms with Crippen LogP contribution in [0.3, 0.4) is 0 Å². The first-order chi connectivity index (χ1) is 6.42. The average molecular weight is 171 g/mol. The summed E-state index contributed by atoms with van der Waals surface area (Å²) in [7, 11) is 0. The van der Waals surface area contributed by atoms with E-state index in [1.54, 1.807) is 0 Å². The normalized spacial score (nSPS) is 18.7. The minimum Gasteiger partial charge on any atom is -0.338 e. The molecule has 66 valence electrons. The van der Waals surface area contributed by atoms with Crippen LogP contribution in [0.5, 0.6) is 0 Å². The molecule has 1 nitrogen and oxygen atoms in total. The Hall–Kier alpha value is -1.42. The molecule has 1 aromatic carbocycles. The van der Waals surface area contributed by atoms with Crippen LogP contribution in [0.4, 0.5) is 0 Å². The zero-order valence-electron chi connectivity index (χ0n) is 7.80. The van der Waals surface area contributed by atoms with Gasteiger partial charge in [-0.05, 0) is 30.9 Å². The van der Waals surface area contributed by atoms with E-state index in [0.29, 0.717) is 6.04 Å². The van der Waals surface area contributed by atoms with E-state index >= 15 is 0 Å². The maximum Gasteiger partial charge on any atom is 0.0595 e. The topological polar surface area (TPSA) is 12.0 Å². The average Bonchev–Trinajstić information content (AvgIpc) is 2.58. The SMILES string of the molecule is CC#CNC1CCc2ccccc21. The summed E-state index contributed by atoms with van der Waals surface area (Å²) in [6.07, 6.45) is 2.35. The van der Waals surface area contributed by atoms with Crippen molar-refractivity contribution in [3.05, 3.63) is 35.4 Å². The summed E-state index contributed by atoms with van der Waals surface area (Å²) in [5, 5.41) is 3.23. The maximum atomic E-state index is 3.23. The van der Waals surface area contributed by atoms with E-state index in [2.05, 4.69) is 41.5 Å². The third-order valence-electron chi connectivity index (χ3n) is 2.50. The van der Waals surface area contributed by atoms with Gasteiger partial charge in [0.05, 0.1) is 6.04 Å². The fourth-order valence-corrected chi connectivity index (χ4v) is 1.87. The van der Waals surface area contributed by atoms with E-state index in [1.807, 2.05) is 6.92 Å². The highest BCUT2D eigenvalue weighted by atomic mass is 14.9. The Balaban J connectivity index is 2.21. The first-order valence-electron chi connectivity index (χ1n) is 4.67. The van der Waals surface area contributed by atoms with Gasteiger partial charge in [0.15, 0.2) is 0 Å². The Morgan fingerprint density at radius 3 is 3.08 bits per heavy atom. The lowest BCUT2D eigenvalue weighted by Crippen LogP contribution is -2.12. The highest BCUT2D eigenvalue weighted by molar-refractivity contribution is 5.34. The van der Waals surface area contributed by atoms with Gasteiger partial charge in [-0.2, -0.15) is 0 Å². The number of hydrogen-bond donors (Lipinski definition) is 1. The summed E-state index contributed by atoms with van der Waals surface area (Å²) in [6, 6.07) is 12.0. The highest BCUT2D eigenvalue weighted by Gasteiger charge is 2.20. The Bertz CT molecular complexity index is 357. The van der Waals surface area contributed by atoms with E-state index in [4.69, 9.17) is 0 Å². The third-order valence-corrected chi connectivity index (χ3v) is 2.50. The lowest BCUT2D eigenvalue weighted by molar-refractivity contribution is 0.630. The Kier molecular flexibility index (Phi) is 2.23. The first-order valence-corrected chi connectivity index (χ1v) is 4.67. The summed E-state index contributed by atoms with van der Waals surface area (Å²) in [5.74, 6) is 2.86. The van der Waals surface area contributed by atoms with E-state index in [-0.39, 0.29) is 0 Å². The molecule has 2 rings (SSSR count). The molecule has 0 saturated carbocycles. The lowest BCUT2D eigenvalue weighted by atomic mass is 10.1. The molecule has 0 fully saturated rings. The quantitative estimate of drug-likeness (QED) is 0.504. The van der Waals surface area contributed by atoms with Crippen LogP contribution in [0.1, 0.15) is 30.5 Å². The molecule has 1 N–H and O–H groups in total. The van der Waals surface area contributed by atoms with Crippen LogP contribution in [0, 0.1) is 12.0 Å². The molecule has 0 aliphatic heterocycles. The van der Waals surface area contributed by atoms with Crippen LogP contribution in [-0.2, 0) is 6.42 Å². The molecule has 0 spiro atoms. The smallest absolute Gasteiger partial charge is 0.0595 e. The van der Waals surface area contributed by atoms with Gasteiger partial charge in [0.25, 0.3) is 0 Å². The van der Waals surface area contributed by atoms with E-state index in [0.717, 1.165) is 0 Å². The number of nitrogens with one attached hydrogen (secondary N) is 1. The largest absolute Gasteiger partial charge is 0.338 e. The molecule has 1 heteroatoms. The van der Waals surface area contributed by atoms with Crippen molar-refractivity contribution in [3.8, 4) is 12.0 Å². The van der Waals surface area contributed by atoms with Crippen LogP contribution in [0.15, 0.2) is 24.3 Å². The summed E-state index contributed by atoms with van der Waals surface area (Å²) in [5.41, 5.74) is 2.89. The molecule has 1 aromatic rings. The summed E-state index contributed by atoms with van der Waals surface area (Å²) in [6.45, 7) is 1.86. The second-order valence-electron chi connectivity index (χ2n) is 3.31. The molecule has 0 aromatic heterocycles. The van der Waals surface area contributed by atoms with Gasteiger partial charge in [0.1, 0.15) is 0 Å². The highest BCUT2D eigenvalue weighted by Crippen LogP contribution is 2.30. The minimum atomic E-state index is 0.448. The van der Waals surface area contributed by atoms with Gasteiger partial charge in [-0.15, -0.1) is 0 Å². The standard InChI is InChI=1S/C12H13N/c1-2-9-13-12-8-7-10-5-3-4-6-11(10)12/h3-6,12-13H,7-8H2,1H3. The van der Waals surface area contributed by atoms with Gasteiger partial charge in [0.2, 0.25) is 0 Å². The van der Waals surface area contributed by atoms with Crippen molar-refractivity contribution < 1.29 is 0 Å². The predicted octanol–water partition coefficient (Wildman–Crippen LogP) is 2.24. The predicted molar refractivity (Wildman–Crippen MR) is 54.1 cm³/mol. The minimum absolute atomic E-state index is 0.448. The Morgan fingerprint density at radius 2 is 2.23 bits per heavy atom. The molecule has 0 bridgehead atoms. The lowest BCUT2D eigenvalue weighted by Gasteiger charge is -2.08. The van der Waals surface area contributed by atoms with Gasteiger partial charge < -0.3 is 5.32 Å². The summed E-state index contributed by atoms with van der Waals surface area (Å²) >= 11 is 0. The van der Waals surface area contributed by atoms with Gasteiger partial charge >= 0.3 is 0 Å². The van der Waals surface area contributed by atoms with Crippen molar-refractivity contribution in [3.63, 3.8) is 0 Å². The molecule has 0 heterocycles. The number of fused-ring (bicyclic) bond motifs is 1. The van der Waals surface area contributed by atoms with Crippen LogP contribution >= 0.6 is 0 Å². The van der Waals surface area contributed by atoms with E-state index < -0.39 is 0 Å². The molecule has 13 heavy (non-hydrogen) atoms. The summed E-state index contributed by atoms with van der Waals surface area (Å²) in [4.78, 5) is 0. The zero-order valence-corrected chi connectivity index (χ0v) is 7.80. The third kappa shape index (κ3) is 1.53. The molecule has 1 aliphatic carbocycles. The van der Waals surface area contributed by atoms with E-state index in [1.165, 1.54) is 24.0 Å². The van der Waals surface area contributed by atoms with Crippen molar-refractivity contribution in [1.29, 1.82) is 0 Å². The van der Waals surface area contributed by atoms with Crippen LogP contribution in [0.25, 0.3) is 0 Å². The number of aryl methyl sites for hydroxylation is 1. The zero-order chi connectivity index (χ0) is 9.10. The molecule has 0 radical (unpaired) electrons. The van der Waals surface area contributed by atoms with Crippen molar-refractivity contribution in [2.45, 2.75) is 25.8 Å². The summed E-state index contributed by atoms with van der Waals surface area (Å²) < 4.78 is 0. The molecule has 1 atom stereocenters. The van der Waals surface area contributed by atoms with Crippen molar-refractivity contribution in [2.75, 3.05) is 0 Å². The van der Waals surface area contributed by atoms with Gasteiger partial charge in [-0.3, -0.25) is 0 Å². The number of rotatable bonds is 1. The molecule has 0 saturated heterocycles.